The molecule has 104 valence electrons. The van der Waals surface area contributed by atoms with E-state index in [1.165, 1.54) is 19.3 Å². The van der Waals surface area contributed by atoms with Gasteiger partial charge in [-0.15, -0.1) is 0 Å². The van der Waals surface area contributed by atoms with E-state index in [9.17, 15) is 13.6 Å². The SMILES string of the molecule is CC(CC1CCC1)Nc1cc(C(N)=O)c(F)cc1F. The molecule has 1 aliphatic carbocycles. The van der Waals surface area contributed by atoms with E-state index in [1.54, 1.807) is 0 Å². The number of primary amides is 1. The van der Waals surface area contributed by atoms with E-state index in [2.05, 4.69) is 5.32 Å². The standard InChI is InChI=1S/C14H18F2N2O/c1-8(5-9-3-2-4-9)18-13-6-10(14(17)19)11(15)7-12(13)16/h6-9,18H,2-5H2,1H3,(H2,17,19). The summed E-state index contributed by atoms with van der Waals surface area (Å²) in [5, 5.41) is 2.98. The first-order chi connectivity index (χ1) is 8.97. The van der Waals surface area contributed by atoms with Crippen molar-refractivity contribution in [2.75, 3.05) is 5.32 Å². The molecule has 5 heteroatoms. The molecule has 0 aliphatic heterocycles. The fraction of sp³-hybridized carbons (Fsp3) is 0.500. The van der Waals surface area contributed by atoms with Crippen LogP contribution in [0.3, 0.4) is 0 Å². The van der Waals surface area contributed by atoms with Crippen molar-refractivity contribution in [3.05, 3.63) is 29.3 Å². The first kappa shape index (κ1) is 13.8. The highest BCUT2D eigenvalue weighted by molar-refractivity contribution is 5.94. The molecular formula is C14H18F2N2O. The molecule has 1 amide bonds. The van der Waals surface area contributed by atoms with Crippen LogP contribution in [-0.2, 0) is 0 Å². The number of hydrogen-bond donors (Lipinski definition) is 2. The maximum absolute atomic E-state index is 13.6. The summed E-state index contributed by atoms with van der Waals surface area (Å²) in [6.45, 7) is 1.95. The molecule has 1 saturated carbocycles. The second kappa shape index (κ2) is 5.55. The number of carbonyl (C=O) groups is 1. The molecule has 2 rings (SSSR count). The van der Waals surface area contributed by atoms with Gasteiger partial charge in [-0.3, -0.25) is 4.79 Å². The summed E-state index contributed by atoms with van der Waals surface area (Å²) < 4.78 is 27.0. The molecule has 0 saturated heterocycles. The maximum atomic E-state index is 13.6. The van der Waals surface area contributed by atoms with Crippen LogP contribution in [0.2, 0.25) is 0 Å². The van der Waals surface area contributed by atoms with Crippen LogP contribution in [0.1, 0.15) is 43.0 Å². The van der Waals surface area contributed by atoms with E-state index in [-0.39, 0.29) is 17.3 Å². The van der Waals surface area contributed by atoms with Crippen molar-refractivity contribution >= 4 is 11.6 Å². The van der Waals surface area contributed by atoms with Crippen molar-refractivity contribution in [1.29, 1.82) is 0 Å². The lowest BCUT2D eigenvalue weighted by molar-refractivity contribution is 0.0996. The normalized spacial score (nSPS) is 16.8. The molecular weight excluding hydrogens is 250 g/mol. The lowest BCUT2D eigenvalue weighted by Gasteiger charge is -2.29. The summed E-state index contributed by atoms with van der Waals surface area (Å²) in [6.07, 6.45) is 4.63. The highest BCUT2D eigenvalue weighted by Gasteiger charge is 2.21. The van der Waals surface area contributed by atoms with E-state index < -0.39 is 17.5 Å². The van der Waals surface area contributed by atoms with Crippen molar-refractivity contribution in [3.8, 4) is 0 Å². The number of nitrogens with one attached hydrogen (secondary N) is 1. The van der Waals surface area contributed by atoms with Gasteiger partial charge in [0.1, 0.15) is 11.6 Å². The summed E-state index contributed by atoms with van der Waals surface area (Å²) >= 11 is 0. The average Bonchev–Trinajstić information content (AvgIpc) is 2.27. The van der Waals surface area contributed by atoms with Crippen molar-refractivity contribution in [1.82, 2.24) is 0 Å². The molecule has 3 N–H and O–H groups in total. The van der Waals surface area contributed by atoms with Gasteiger partial charge in [0.15, 0.2) is 0 Å². The molecule has 1 aliphatic rings. The zero-order valence-electron chi connectivity index (χ0n) is 10.9. The summed E-state index contributed by atoms with van der Waals surface area (Å²) in [7, 11) is 0. The van der Waals surface area contributed by atoms with Gasteiger partial charge in [-0.1, -0.05) is 19.3 Å². The molecule has 0 bridgehead atoms. The summed E-state index contributed by atoms with van der Waals surface area (Å²) in [6, 6.07) is 1.91. The first-order valence-electron chi connectivity index (χ1n) is 6.52. The number of anilines is 1. The highest BCUT2D eigenvalue weighted by Crippen LogP contribution is 2.31. The van der Waals surface area contributed by atoms with E-state index in [1.807, 2.05) is 6.92 Å². The van der Waals surface area contributed by atoms with Gasteiger partial charge in [-0.2, -0.15) is 0 Å². The van der Waals surface area contributed by atoms with E-state index in [0.717, 1.165) is 12.5 Å². The molecule has 3 nitrogen and oxygen atoms in total. The predicted octanol–water partition coefficient (Wildman–Crippen LogP) is 3.05. The Morgan fingerprint density at radius 1 is 1.42 bits per heavy atom. The first-order valence-corrected chi connectivity index (χ1v) is 6.52. The van der Waals surface area contributed by atoms with Crippen molar-refractivity contribution in [2.24, 2.45) is 11.7 Å². The second-order valence-electron chi connectivity index (χ2n) is 5.25. The smallest absolute Gasteiger partial charge is 0.251 e. The average molecular weight is 268 g/mol. The van der Waals surface area contributed by atoms with E-state index in [0.29, 0.717) is 12.0 Å². The van der Waals surface area contributed by atoms with Gasteiger partial charge in [0, 0.05) is 12.1 Å². The Balaban J connectivity index is 2.09. The minimum absolute atomic E-state index is 0.0750. The molecule has 0 aromatic heterocycles. The van der Waals surface area contributed by atoms with Crippen LogP contribution >= 0.6 is 0 Å². The predicted molar refractivity (Wildman–Crippen MR) is 69.9 cm³/mol. The number of benzene rings is 1. The van der Waals surface area contributed by atoms with Crippen molar-refractivity contribution in [3.63, 3.8) is 0 Å². The van der Waals surface area contributed by atoms with Crippen LogP contribution in [0.25, 0.3) is 0 Å². The number of amides is 1. The molecule has 0 radical (unpaired) electrons. The topological polar surface area (TPSA) is 55.1 Å². The van der Waals surface area contributed by atoms with Gasteiger partial charge in [-0.25, -0.2) is 8.78 Å². The Kier molecular flexibility index (Phi) is 4.02. The lowest BCUT2D eigenvalue weighted by Crippen LogP contribution is -2.24. The molecule has 1 aromatic carbocycles. The quantitative estimate of drug-likeness (QED) is 0.862. The van der Waals surface area contributed by atoms with Gasteiger partial charge in [0.2, 0.25) is 0 Å². The molecule has 0 spiro atoms. The molecule has 19 heavy (non-hydrogen) atoms. The van der Waals surface area contributed by atoms with Crippen LogP contribution < -0.4 is 11.1 Å². The van der Waals surface area contributed by atoms with Crippen LogP contribution in [0.5, 0.6) is 0 Å². The fourth-order valence-electron chi connectivity index (χ4n) is 2.40. The summed E-state index contributed by atoms with van der Waals surface area (Å²) in [5.41, 5.74) is 4.88. The van der Waals surface area contributed by atoms with Crippen LogP contribution in [0.4, 0.5) is 14.5 Å². The summed E-state index contributed by atoms with van der Waals surface area (Å²) in [5.74, 6) is -1.85. The third-order valence-electron chi connectivity index (χ3n) is 3.64. The van der Waals surface area contributed by atoms with Crippen LogP contribution in [0, 0.1) is 17.6 Å². The fourth-order valence-corrected chi connectivity index (χ4v) is 2.40. The molecule has 1 atom stereocenters. The molecule has 0 heterocycles. The largest absolute Gasteiger partial charge is 0.380 e. The van der Waals surface area contributed by atoms with Crippen molar-refractivity contribution in [2.45, 2.75) is 38.6 Å². The third-order valence-corrected chi connectivity index (χ3v) is 3.64. The number of rotatable bonds is 5. The maximum Gasteiger partial charge on any atom is 0.251 e. The van der Waals surface area contributed by atoms with Gasteiger partial charge >= 0.3 is 0 Å². The lowest BCUT2D eigenvalue weighted by atomic mass is 9.81. The number of carbonyl (C=O) groups excluding carboxylic acids is 1. The van der Waals surface area contributed by atoms with E-state index in [4.69, 9.17) is 5.73 Å². The monoisotopic (exact) mass is 268 g/mol. The Morgan fingerprint density at radius 2 is 2.11 bits per heavy atom. The Morgan fingerprint density at radius 3 is 2.63 bits per heavy atom. The molecule has 1 unspecified atom stereocenters. The zero-order valence-corrected chi connectivity index (χ0v) is 10.9. The number of halogens is 2. The minimum Gasteiger partial charge on any atom is -0.380 e. The van der Waals surface area contributed by atoms with Gasteiger partial charge in [0.05, 0.1) is 11.3 Å². The van der Waals surface area contributed by atoms with Crippen LogP contribution in [0.15, 0.2) is 12.1 Å². The number of hydrogen-bond acceptors (Lipinski definition) is 2. The molecule has 1 aromatic rings. The summed E-state index contributed by atoms with van der Waals surface area (Å²) in [4.78, 5) is 11.0. The second-order valence-corrected chi connectivity index (χ2v) is 5.25. The zero-order chi connectivity index (χ0) is 14.0. The minimum atomic E-state index is -0.929. The number of nitrogens with two attached hydrogens (primary N) is 1. The van der Waals surface area contributed by atoms with Gasteiger partial charge in [0.25, 0.3) is 5.91 Å². The van der Waals surface area contributed by atoms with Crippen LogP contribution in [-0.4, -0.2) is 11.9 Å². The van der Waals surface area contributed by atoms with Gasteiger partial charge in [-0.05, 0) is 25.3 Å². The van der Waals surface area contributed by atoms with Gasteiger partial charge < -0.3 is 11.1 Å². The van der Waals surface area contributed by atoms with E-state index >= 15 is 0 Å². The van der Waals surface area contributed by atoms with Crippen molar-refractivity contribution < 1.29 is 13.6 Å². The Bertz CT molecular complexity index is 487. The highest BCUT2D eigenvalue weighted by atomic mass is 19.1. The molecule has 1 fully saturated rings. The third kappa shape index (κ3) is 3.22. The Labute approximate surface area is 111 Å². The Hall–Kier alpha value is -1.65.